The molecule has 0 fully saturated rings. The molecule has 0 aliphatic carbocycles. The number of amides is 1. The molecule has 0 radical (unpaired) electrons. The van der Waals surface area contributed by atoms with Crippen LogP contribution in [0.25, 0.3) is 0 Å². The van der Waals surface area contributed by atoms with E-state index in [4.69, 9.17) is 16.7 Å². The Balaban J connectivity index is 2.16. The molecule has 3 unspecified atom stereocenters. The summed E-state index contributed by atoms with van der Waals surface area (Å²) in [7, 11) is 0. The normalized spacial score (nSPS) is 13.8. The molecule has 2 aromatic carbocycles. The SMILES string of the molecule is Cc1ccc(C(Cc2ccc(Cl)cc2)C(C)NC(=O)CC(CC(=O)O)C(=O)O)cc1. The fourth-order valence-corrected chi connectivity index (χ4v) is 3.49. The summed E-state index contributed by atoms with van der Waals surface area (Å²) in [6.07, 6.45) is -0.323. The Labute approximate surface area is 180 Å². The lowest BCUT2D eigenvalue weighted by Gasteiger charge is -2.26. The molecule has 30 heavy (non-hydrogen) atoms. The molecule has 2 rings (SSSR count). The van der Waals surface area contributed by atoms with E-state index in [1.165, 1.54) is 0 Å². The van der Waals surface area contributed by atoms with Crippen molar-refractivity contribution in [3.63, 3.8) is 0 Å². The number of hydrogen-bond acceptors (Lipinski definition) is 3. The van der Waals surface area contributed by atoms with Gasteiger partial charge in [0.2, 0.25) is 5.91 Å². The third kappa shape index (κ3) is 7.19. The van der Waals surface area contributed by atoms with Crippen LogP contribution in [0.15, 0.2) is 48.5 Å². The highest BCUT2D eigenvalue weighted by Crippen LogP contribution is 2.26. The van der Waals surface area contributed by atoms with Crippen molar-refractivity contribution in [3.8, 4) is 0 Å². The molecular weight excluding hydrogens is 406 g/mol. The number of carbonyl (C=O) groups is 3. The third-order valence-corrected chi connectivity index (χ3v) is 5.32. The second-order valence-corrected chi connectivity index (χ2v) is 7.98. The van der Waals surface area contributed by atoms with Crippen LogP contribution in [0.2, 0.25) is 5.02 Å². The van der Waals surface area contributed by atoms with Crippen molar-refractivity contribution in [1.82, 2.24) is 5.32 Å². The Kier molecular flexibility index (Phi) is 8.42. The quantitative estimate of drug-likeness (QED) is 0.526. The van der Waals surface area contributed by atoms with Crippen LogP contribution in [0.3, 0.4) is 0 Å². The van der Waals surface area contributed by atoms with Crippen LogP contribution < -0.4 is 5.32 Å². The first-order valence-corrected chi connectivity index (χ1v) is 10.1. The van der Waals surface area contributed by atoms with Crippen LogP contribution in [0.4, 0.5) is 0 Å². The lowest BCUT2D eigenvalue weighted by Crippen LogP contribution is -2.39. The number of hydrogen-bond donors (Lipinski definition) is 3. The smallest absolute Gasteiger partial charge is 0.307 e. The van der Waals surface area contributed by atoms with Gasteiger partial charge in [-0.25, -0.2) is 0 Å². The number of aliphatic carboxylic acids is 2. The van der Waals surface area contributed by atoms with E-state index in [9.17, 15) is 19.5 Å². The van der Waals surface area contributed by atoms with E-state index < -0.39 is 30.2 Å². The largest absolute Gasteiger partial charge is 0.481 e. The molecule has 0 bridgehead atoms. The molecule has 0 aliphatic rings. The highest BCUT2D eigenvalue weighted by Gasteiger charge is 2.27. The number of rotatable bonds is 10. The van der Waals surface area contributed by atoms with E-state index in [1.807, 2.05) is 62.4 Å². The fraction of sp³-hybridized carbons (Fsp3) is 0.348. The number of benzene rings is 2. The van der Waals surface area contributed by atoms with E-state index in [0.717, 1.165) is 16.7 Å². The van der Waals surface area contributed by atoms with Gasteiger partial charge in [0.05, 0.1) is 12.3 Å². The first kappa shape index (κ1) is 23.4. The second-order valence-electron chi connectivity index (χ2n) is 7.54. The van der Waals surface area contributed by atoms with Crippen LogP contribution >= 0.6 is 11.6 Å². The summed E-state index contributed by atoms with van der Waals surface area (Å²) < 4.78 is 0. The number of halogens is 1. The lowest BCUT2D eigenvalue weighted by atomic mass is 9.86. The Morgan fingerprint density at radius 3 is 2.10 bits per heavy atom. The number of carboxylic acid groups (broad SMARTS) is 2. The van der Waals surface area contributed by atoms with E-state index in [0.29, 0.717) is 11.4 Å². The average Bonchev–Trinajstić information content (AvgIpc) is 2.67. The Bertz CT molecular complexity index is 879. The molecule has 160 valence electrons. The molecule has 6 nitrogen and oxygen atoms in total. The molecule has 0 heterocycles. The molecule has 3 atom stereocenters. The van der Waals surface area contributed by atoms with Crippen molar-refractivity contribution in [2.45, 2.75) is 45.1 Å². The van der Waals surface area contributed by atoms with Gasteiger partial charge in [-0.1, -0.05) is 53.6 Å². The first-order chi connectivity index (χ1) is 14.2. The van der Waals surface area contributed by atoms with Crippen LogP contribution in [0, 0.1) is 12.8 Å². The Morgan fingerprint density at radius 1 is 0.967 bits per heavy atom. The first-order valence-electron chi connectivity index (χ1n) is 9.70. The van der Waals surface area contributed by atoms with Crippen molar-refractivity contribution < 1.29 is 24.6 Å². The van der Waals surface area contributed by atoms with E-state index in [2.05, 4.69) is 5.32 Å². The third-order valence-electron chi connectivity index (χ3n) is 5.07. The number of carbonyl (C=O) groups excluding carboxylic acids is 1. The molecule has 0 aromatic heterocycles. The molecule has 3 N–H and O–H groups in total. The lowest BCUT2D eigenvalue weighted by molar-refractivity contribution is -0.149. The number of nitrogens with one attached hydrogen (secondary N) is 1. The maximum Gasteiger partial charge on any atom is 0.307 e. The van der Waals surface area contributed by atoms with Crippen LogP contribution in [0.5, 0.6) is 0 Å². The highest BCUT2D eigenvalue weighted by molar-refractivity contribution is 6.30. The standard InChI is InChI=1S/C23H26ClNO5/c1-14-3-7-17(8-4-14)20(11-16-5-9-19(24)10-6-16)15(2)25-21(26)12-18(23(29)30)13-22(27)28/h3-10,15,18,20H,11-13H2,1-2H3,(H,25,26)(H,27,28)(H,29,30). The van der Waals surface area contributed by atoms with Gasteiger partial charge in [0, 0.05) is 23.4 Å². The summed E-state index contributed by atoms with van der Waals surface area (Å²) in [5.74, 6) is -4.34. The minimum Gasteiger partial charge on any atom is -0.481 e. The molecule has 0 aliphatic heterocycles. The van der Waals surface area contributed by atoms with Gasteiger partial charge < -0.3 is 15.5 Å². The summed E-state index contributed by atoms with van der Waals surface area (Å²) in [5, 5.41) is 21.6. The molecule has 7 heteroatoms. The van der Waals surface area contributed by atoms with Crippen molar-refractivity contribution in [2.75, 3.05) is 0 Å². The van der Waals surface area contributed by atoms with E-state index in [1.54, 1.807) is 0 Å². The van der Waals surface area contributed by atoms with Gasteiger partial charge in [-0.05, 0) is 43.5 Å². The zero-order valence-electron chi connectivity index (χ0n) is 17.0. The van der Waals surface area contributed by atoms with Crippen LogP contribution in [-0.2, 0) is 20.8 Å². The molecule has 0 saturated carbocycles. The predicted octanol–water partition coefficient (Wildman–Crippen LogP) is 4.05. The molecule has 1 amide bonds. The summed E-state index contributed by atoms with van der Waals surface area (Å²) in [5.41, 5.74) is 3.22. The summed E-state index contributed by atoms with van der Waals surface area (Å²) in [6.45, 7) is 3.86. The van der Waals surface area contributed by atoms with Gasteiger partial charge in [0.15, 0.2) is 0 Å². The van der Waals surface area contributed by atoms with Gasteiger partial charge in [0.25, 0.3) is 0 Å². The summed E-state index contributed by atoms with van der Waals surface area (Å²) >= 11 is 5.98. The summed E-state index contributed by atoms with van der Waals surface area (Å²) in [6, 6.07) is 15.3. The molecular formula is C23H26ClNO5. The van der Waals surface area contributed by atoms with Gasteiger partial charge in [-0.2, -0.15) is 0 Å². The maximum absolute atomic E-state index is 12.5. The van der Waals surface area contributed by atoms with Crippen molar-refractivity contribution in [2.24, 2.45) is 5.92 Å². The topological polar surface area (TPSA) is 104 Å². The molecule has 2 aromatic rings. The second kappa shape index (κ2) is 10.8. The summed E-state index contributed by atoms with van der Waals surface area (Å²) in [4.78, 5) is 34.6. The minimum absolute atomic E-state index is 0.0570. The monoisotopic (exact) mass is 431 g/mol. The molecule has 0 saturated heterocycles. The van der Waals surface area contributed by atoms with Crippen molar-refractivity contribution in [1.29, 1.82) is 0 Å². The Hall–Kier alpha value is -2.86. The minimum atomic E-state index is -1.29. The number of aryl methyl sites for hydroxylation is 1. The molecule has 0 spiro atoms. The maximum atomic E-state index is 12.5. The van der Waals surface area contributed by atoms with E-state index >= 15 is 0 Å². The van der Waals surface area contributed by atoms with Gasteiger partial charge >= 0.3 is 11.9 Å². The van der Waals surface area contributed by atoms with Crippen molar-refractivity contribution in [3.05, 3.63) is 70.2 Å². The highest BCUT2D eigenvalue weighted by atomic mass is 35.5. The zero-order valence-corrected chi connectivity index (χ0v) is 17.7. The number of carboxylic acids is 2. The Morgan fingerprint density at radius 2 is 1.57 bits per heavy atom. The van der Waals surface area contributed by atoms with Gasteiger partial charge in [-0.15, -0.1) is 0 Å². The van der Waals surface area contributed by atoms with Gasteiger partial charge in [0.1, 0.15) is 0 Å². The average molecular weight is 432 g/mol. The fourth-order valence-electron chi connectivity index (χ4n) is 3.37. The van der Waals surface area contributed by atoms with Crippen LogP contribution in [-0.4, -0.2) is 34.1 Å². The van der Waals surface area contributed by atoms with Crippen LogP contribution in [0.1, 0.15) is 42.4 Å². The predicted molar refractivity (Wildman–Crippen MR) is 115 cm³/mol. The van der Waals surface area contributed by atoms with E-state index in [-0.39, 0.29) is 18.4 Å². The zero-order chi connectivity index (χ0) is 22.3. The van der Waals surface area contributed by atoms with Gasteiger partial charge in [-0.3, -0.25) is 14.4 Å². The van der Waals surface area contributed by atoms with Crippen molar-refractivity contribution >= 4 is 29.4 Å².